The number of nitro benzene ring substituents is 1. The molecule has 0 fully saturated rings. The number of carbonyl (C=O) groups is 1. The molecular weight excluding hydrogens is 308 g/mol. The Kier molecular flexibility index (Phi) is 5.52. The van der Waals surface area contributed by atoms with Crippen LogP contribution in [0, 0.1) is 24.0 Å². The first kappa shape index (κ1) is 17.5. The number of likely N-dealkylation sites (N-methyl/N-ethyl adjacent to an activating group) is 1. The zero-order valence-corrected chi connectivity index (χ0v) is 14.0. The summed E-state index contributed by atoms with van der Waals surface area (Å²) in [6.45, 7) is 5.84. The van der Waals surface area contributed by atoms with Crippen LogP contribution in [0.2, 0.25) is 0 Å². The molecule has 6 heteroatoms. The van der Waals surface area contributed by atoms with Gasteiger partial charge in [-0.15, -0.1) is 0 Å². The highest BCUT2D eigenvalue weighted by molar-refractivity contribution is 5.95. The van der Waals surface area contributed by atoms with E-state index in [0.717, 1.165) is 16.8 Å². The van der Waals surface area contributed by atoms with Crippen LogP contribution < -0.4 is 9.64 Å². The van der Waals surface area contributed by atoms with E-state index in [2.05, 4.69) is 0 Å². The van der Waals surface area contributed by atoms with Gasteiger partial charge in [-0.3, -0.25) is 14.9 Å². The van der Waals surface area contributed by atoms with Crippen LogP contribution in [0.3, 0.4) is 0 Å². The standard InChI is InChI=1S/C18H20N2O4/c1-4-19(15-8-6-5-7-14(15)3)18(21)12-24-17-11-13(2)9-10-16(17)20(22)23/h5-11H,4,12H2,1-3H3. The molecule has 0 saturated carbocycles. The number of amides is 1. The zero-order valence-electron chi connectivity index (χ0n) is 14.0. The van der Waals surface area contributed by atoms with Gasteiger partial charge in [0.25, 0.3) is 5.91 Å². The third-order valence-electron chi connectivity index (χ3n) is 3.69. The summed E-state index contributed by atoms with van der Waals surface area (Å²) in [5, 5.41) is 11.1. The lowest BCUT2D eigenvalue weighted by Crippen LogP contribution is -2.35. The van der Waals surface area contributed by atoms with E-state index in [-0.39, 0.29) is 24.0 Å². The minimum atomic E-state index is -0.516. The van der Waals surface area contributed by atoms with Gasteiger partial charge in [0.2, 0.25) is 0 Å². The Morgan fingerprint density at radius 2 is 1.92 bits per heavy atom. The summed E-state index contributed by atoms with van der Waals surface area (Å²) in [5.74, 6) is -0.142. The summed E-state index contributed by atoms with van der Waals surface area (Å²) in [6.07, 6.45) is 0. The van der Waals surface area contributed by atoms with Crippen molar-refractivity contribution in [2.24, 2.45) is 0 Å². The molecule has 0 unspecified atom stereocenters. The number of nitro groups is 1. The average Bonchev–Trinajstić information content (AvgIpc) is 2.55. The molecule has 0 aliphatic carbocycles. The predicted molar refractivity (Wildman–Crippen MR) is 92.5 cm³/mol. The summed E-state index contributed by atoms with van der Waals surface area (Å²) in [6, 6.07) is 12.2. The van der Waals surface area contributed by atoms with Gasteiger partial charge in [-0.2, -0.15) is 0 Å². The van der Waals surface area contributed by atoms with Gasteiger partial charge >= 0.3 is 5.69 Å². The van der Waals surface area contributed by atoms with Crippen LogP contribution >= 0.6 is 0 Å². The highest BCUT2D eigenvalue weighted by atomic mass is 16.6. The quantitative estimate of drug-likeness (QED) is 0.599. The Balaban J connectivity index is 2.17. The van der Waals surface area contributed by atoms with Gasteiger partial charge in [-0.1, -0.05) is 24.3 Å². The van der Waals surface area contributed by atoms with E-state index in [1.807, 2.05) is 45.0 Å². The molecule has 2 aromatic carbocycles. The first-order valence-electron chi connectivity index (χ1n) is 7.68. The molecule has 2 rings (SSSR count). The number of hydrogen-bond acceptors (Lipinski definition) is 4. The van der Waals surface area contributed by atoms with Gasteiger partial charge in [0.1, 0.15) is 0 Å². The van der Waals surface area contributed by atoms with E-state index in [1.165, 1.54) is 6.07 Å². The van der Waals surface area contributed by atoms with Crippen LogP contribution in [0.25, 0.3) is 0 Å². The van der Waals surface area contributed by atoms with Crippen molar-refractivity contribution < 1.29 is 14.5 Å². The van der Waals surface area contributed by atoms with Crippen molar-refractivity contribution in [3.8, 4) is 5.75 Å². The largest absolute Gasteiger partial charge is 0.477 e. The Labute approximate surface area is 140 Å². The molecule has 0 bridgehead atoms. The van der Waals surface area contributed by atoms with E-state index >= 15 is 0 Å². The van der Waals surface area contributed by atoms with Crippen LogP contribution in [0.15, 0.2) is 42.5 Å². The minimum absolute atomic E-state index is 0.106. The molecule has 126 valence electrons. The third kappa shape index (κ3) is 3.90. The van der Waals surface area contributed by atoms with Crippen molar-refractivity contribution in [1.82, 2.24) is 0 Å². The van der Waals surface area contributed by atoms with E-state index in [0.29, 0.717) is 6.54 Å². The summed E-state index contributed by atoms with van der Waals surface area (Å²) in [5.41, 5.74) is 2.48. The second-order valence-corrected chi connectivity index (χ2v) is 5.44. The Morgan fingerprint density at radius 1 is 1.21 bits per heavy atom. The molecule has 0 atom stereocenters. The highest BCUT2D eigenvalue weighted by Crippen LogP contribution is 2.28. The van der Waals surface area contributed by atoms with Gasteiger partial charge in [0.05, 0.1) is 4.92 Å². The van der Waals surface area contributed by atoms with Gasteiger partial charge < -0.3 is 9.64 Å². The van der Waals surface area contributed by atoms with Crippen molar-refractivity contribution in [2.75, 3.05) is 18.1 Å². The van der Waals surface area contributed by atoms with Crippen molar-refractivity contribution in [3.63, 3.8) is 0 Å². The smallest absolute Gasteiger partial charge is 0.310 e. The van der Waals surface area contributed by atoms with Gasteiger partial charge in [0.15, 0.2) is 12.4 Å². The first-order chi connectivity index (χ1) is 11.4. The number of aryl methyl sites for hydroxylation is 2. The molecule has 2 aromatic rings. The molecule has 0 aromatic heterocycles. The molecule has 0 spiro atoms. The van der Waals surface area contributed by atoms with E-state index in [4.69, 9.17) is 4.74 Å². The number of anilines is 1. The van der Waals surface area contributed by atoms with E-state index in [1.54, 1.807) is 17.0 Å². The van der Waals surface area contributed by atoms with Crippen molar-refractivity contribution in [3.05, 3.63) is 63.7 Å². The molecular formula is C18H20N2O4. The number of para-hydroxylation sites is 1. The third-order valence-corrected chi connectivity index (χ3v) is 3.69. The van der Waals surface area contributed by atoms with Crippen molar-refractivity contribution >= 4 is 17.3 Å². The van der Waals surface area contributed by atoms with Crippen LogP contribution in [0.4, 0.5) is 11.4 Å². The van der Waals surface area contributed by atoms with Crippen LogP contribution in [0.5, 0.6) is 5.75 Å². The number of hydrogen-bond donors (Lipinski definition) is 0. The lowest BCUT2D eigenvalue weighted by molar-refractivity contribution is -0.385. The molecule has 0 aliphatic heterocycles. The summed E-state index contributed by atoms with van der Waals surface area (Å²) in [4.78, 5) is 24.7. The van der Waals surface area contributed by atoms with Crippen molar-refractivity contribution in [2.45, 2.75) is 20.8 Å². The molecule has 6 nitrogen and oxygen atoms in total. The van der Waals surface area contributed by atoms with Gasteiger partial charge in [-0.25, -0.2) is 0 Å². The Morgan fingerprint density at radius 3 is 2.54 bits per heavy atom. The summed E-state index contributed by atoms with van der Waals surface area (Å²) in [7, 11) is 0. The summed E-state index contributed by atoms with van der Waals surface area (Å²) < 4.78 is 5.45. The topological polar surface area (TPSA) is 72.7 Å². The predicted octanol–water partition coefficient (Wildman–Crippen LogP) is 3.64. The number of benzene rings is 2. The fourth-order valence-corrected chi connectivity index (χ4v) is 2.45. The molecule has 0 heterocycles. The lowest BCUT2D eigenvalue weighted by Gasteiger charge is -2.23. The Bertz CT molecular complexity index is 758. The highest BCUT2D eigenvalue weighted by Gasteiger charge is 2.19. The fraction of sp³-hybridized carbons (Fsp3) is 0.278. The number of carbonyl (C=O) groups excluding carboxylic acids is 1. The van der Waals surface area contributed by atoms with Crippen LogP contribution in [0.1, 0.15) is 18.1 Å². The number of ether oxygens (including phenoxy) is 1. The van der Waals surface area contributed by atoms with Gasteiger partial charge in [0, 0.05) is 18.3 Å². The maximum absolute atomic E-state index is 12.5. The van der Waals surface area contributed by atoms with Gasteiger partial charge in [-0.05, 0) is 44.0 Å². The molecule has 24 heavy (non-hydrogen) atoms. The molecule has 0 aliphatic rings. The molecule has 0 N–H and O–H groups in total. The monoisotopic (exact) mass is 328 g/mol. The maximum Gasteiger partial charge on any atom is 0.310 e. The van der Waals surface area contributed by atoms with Crippen LogP contribution in [-0.2, 0) is 4.79 Å². The number of nitrogens with zero attached hydrogens (tertiary/aromatic N) is 2. The second-order valence-electron chi connectivity index (χ2n) is 5.44. The number of rotatable bonds is 6. The molecule has 0 saturated heterocycles. The normalized spacial score (nSPS) is 10.3. The molecule has 0 radical (unpaired) electrons. The average molecular weight is 328 g/mol. The SMILES string of the molecule is CCN(C(=O)COc1cc(C)ccc1[N+](=O)[O-])c1ccccc1C. The van der Waals surface area contributed by atoms with E-state index < -0.39 is 4.92 Å². The lowest BCUT2D eigenvalue weighted by atomic mass is 10.2. The van der Waals surface area contributed by atoms with E-state index in [9.17, 15) is 14.9 Å². The van der Waals surface area contributed by atoms with Crippen LogP contribution in [-0.4, -0.2) is 24.0 Å². The zero-order chi connectivity index (χ0) is 17.7. The second kappa shape index (κ2) is 7.59. The first-order valence-corrected chi connectivity index (χ1v) is 7.68. The minimum Gasteiger partial charge on any atom is -0.477 e. The Hall–Kier alpha value is -2.89. The fourth-order valence-electron chi connectivity index (χ4n) is 2.45. The summed E-state index contributed by atoms with van der Waals surface area (Å²) >= 11 is 0. The maximum atomic E-state index is 12.5. The molecule has 1 amide bonds. The van der Waals surface area contributed by atoms with Crippen molar-refractivity contribution in [1.29, 1.82) is 0 Å².